The molecule has 33 heavy (non-hydrogen) atoms. The number of halogens is 2. The van der Waals surface area contributed by atoms with Crippen molar-refractivity contribution in [1.29, 1.82) is 0 Å². The van der Waals surface area contributed by atoms with Gasteiger partial charge in [0.25, 0.3) is 0 Å². The van der Waals surface area contributed by atoms with Crippen molar-refractivity contribution in [2.24, 2.45) is 0 Å². The second-order valence-electron chi connectivity index (χ2n) is 8.49. The van der Waals surface area contributed by atoms with Gasteiger partial charge in [0.05, 0.1) is 10.0 Å². The summed E-state index contributed by atoms with van der Waals surface area (Å²) >= 11 is 12.1. The number of aliphatic carboxylic acids is 1. The first kappa shape index (κ1) is 21.8. The molecular weight excluding hydrogens is 461 g/mol. The van der Waals surface area contributed by atoms with E-state index in [9.17, 15) is 14.7 Å². The Kier molecular flexibility index (Phi) is 5.55. The quantitative estimate of drug-likeness (QED) is 0.498. The second kappa shape index (κ2) is 8.40. The summed E-state index contributed by atoms with van der Waals surface area (Å²) < 4.78 is 5.72. The standard InChI is InChI=1S/C26H21Cl2NO4/c27-22-10-9-16(13-23(22)28)26(24(30)31)11-12-29(15-26)25(32)33-14-21-19-7-3-1-5-17(19)18-6-2-4-8-20(18)21/h1-10,13,21H,11-12,14-15H2,(H,30,31). The lowest BCUT2D eigenvalue weighted by atomic mass is 9.80. The molecular formula is C26H21Cl2NO4. The fourth-order valence-electron chi connectivity index (χ4n) is 4.98. The molecule has 2 aliphatic rings. The number of fused-ring (bicyclic) bond motifs is 3. The van der Waals surface area contributed by atoms with Crippen LogP contribution in [0.25, 0.3) is 11.1 Å². The van der Waals surface area contributed by atoms with Gasteiger partial charge in [-0.1, -0.05) is 77.8 Å². The van der Waals surface area contributed by atoms with Gasteiger partial charge < -0.3 is 14.7 Å². The number of carboxylic acids is 1. The third-order valence-corrected chi connectivity index (χ3v) is 7.48. The zero-order valence-electron chi connectivity index (χ0n) is 17.6. The van der Waals surface area contributed by atoms with Crippen LogP contribution in [0.3, 0.4) is 0 Å². The highest BCUT2D eigenvalue weighted by atomic mass is 35.5. The van der Waals surface area contributed by atoms with Crippen LogP contribution in [0.1, 0.15) is 29.0 Å². The third-order valence-electron chi connectivity index (χ3n) is 6.75. The van der Waals surface area contributed by atoms with E-state index in [1.54, 1.807) is 18.2 Å². The zero-order valence-corrected chi connectivity index (χ0v) is 19.1. The van der Waals surface area contributed by atoms with E-state index in [2.05, 4.69) is 24.3 Å². The van der Waals surface area contributed by atoms with Crippen molar-refractivity contribution in [3.05, 3.63) is 93.5 Å². The minimum atomic E-state index is -1.25. The molecule has 0 saturated carbocycles. The Morgan fingerprint density at radius 3 is 2.21 bits per heavy atom. The van der Waals surface area contributed by atoms with Crippen molar-refractivity contribution in [2.75, 3.05) is 19.7 Å². The molecule has 0 spiro atoms. The predicted octanol–water partition coefficient (Wildman–Crippen LogP) is 5.97. The summed E-state index contributed by atoms with van der Waals surface area (Å²) in [5.41, 5.74) is 3.84. The molecule has 168 valence electrons. The molecule has 7 heteroatoms. The van der Waals surface area contributed by atoms with Gasteiger partial charge >= 0.3 is 12.1 Å². The molecule has 0 radical (unpaired) electrons. The van der Waals surface area contributed by atoms with Crippen molar-refractivity contribution >= 4 is 35.3 Å². The number of nitrogens with zero attached hydrogens (tertiary/aromatic N) is 1. The molecule has 1 atom stereocenters. The molecule has 5 nitrogen and oxygen atoms in total. The molecule has 5 rings (SSSR count). The van der Waals surface area contributed by atoms with Gasteiger partial charge in [-0.25, -0.2) is 4.79 Å². The molecule has 1 saturated heterocycles. The van der Waals surface area contributed by atoms with Gasteiger partial charge in [0.2, 0.25) is 0 Å². The molecule has 0 aromatic heterocycles. The number of carbonyl (C=O) groups is 2. The number of ether oxygens (including phenoxy) is 1. The Labute approximate surface area is 201 Å². The van der Waals surface area contributed by atoms with Crippen LogP contribution in [0.2, 0.25) is 10.0 Å². The fraction of sp³-hybridized carbons (Fsp3) is 0.231. The van der Waals surface area contributed by atoms with E-state index < -0.39 is 17.5 Å². The summed E-state index contributed by atoms with van der Waals surface area (Å²) in [6, 6.07) is 21.1. The van der Waals surface area contributed by atoms with E-state index in [0.29, 0.717) is 10.6 Å². The van der Waals surface area contributed by atoms with Crippen LogP contribution in [0.5, 0.6) is 0 Å². The summed E-state index contributed by atoms with van der Waals surface area (Å²) in [5.74, 6) is -1.06. The normalized spacial score (nSPS) is 19.3. The first-order valence-electron chi connectivity index (χ1n) is 10.7. The molecule has 1 amide bonds. The summed E-state index contributed by atoms with van der Waals surface area (Å²) in [5, 5.41) is 10.7. The van der Waals surface area contributed by atoms with Gasteiger partial charge in [0.1, 0.15) is 12.0 Å². The van der Waals surface area contributed by atoms with E-state index in [4.69, 9.17) is 27.9 Å². The molecule has 3 aromatic rings. The van der Waals surface area contributed by atoms with E-state index >= 15 is 0 Å². The van der Waals surface area contributed by atoms with E-state index in [1.807, 2.05) is 24.3 Å². The highest BCUT2D eigenvalue weighted by molar-refractivity contribution is 6.42. The summed E-state index contributed by atoms with van der Waals surface area (Å²) in [4.78, 5) is 26.7. The summed E-state index contributed by atoms with van der Waals surface area (Å²) in [7, 11) is 0. The van der Waals surface area contributed by atoms with Gasteiger partial charge in [-0.05, 0) is 46.4 Å². The SMILES string of the molecule is O=C(OCC1c2ccccc2-c2ccccc21)N1CCC(C(=O)O)(c2ccc(Cl)c(Cl)c2)C1. The van der Waals surface area contributed by atoms with Crippen LogP contribution in [-0.2, 0) is 14.9 Å². The number of carboxylic acid groups (broad SMARTS) is 1. The zero-order chi connectivity index (χ0) is 23.2. The van der Waals surface area contributed by atoms with Crippen molar-refractivity contribution in [1.82, 2.24) is 4.90 Å². The first-order chi connectivity index (χ1) is 15.9. The highest BCUT2D eigenvalue weighted by Gasteiger charge is 2.48. The van der Waals surface area contributed by atoms with Crippen LogP contribution in [0, 0.1) is 0 Å². The van der Waals surface area contributed by atoms with Crippen molar-refractivity contribution in [2.45, 2.75) is 17.8 Å². The Bertz CT molecular complexity index is 1220. The van der Waals surface area contributed by atoms with Crippen LogP contribution < -0.4 is 0 Å². The molecule has 1 fully saturated rings. The van der Waals surface area contributed by atoms with Crippen molar-refractivity contribution in [3.63, 3.8) is 0 Å². The minimum Gasteiger partial charge on any atom is -0.481 e. The Balaban J connectivity index is 1.33. The molecule has 1 aliphatic carbocycles. The molecule has 1 aliphatic heterocycles. The summed E-state index contributed by atoms with van der Waals surface area (Å²) in [6.45, 7) is 0.483. The number of benzene rings is 3. The maximum atomic E-state index is 13.0. The smallest absolute Gasteiger partial charge is 0.409 e. The topological polar surface area (TPSA) is 66.8 Å². The summed E-state index contributed by atoms with van der Waals surface area (Å²) in [6.07, 6.45) is -0.246. The van der Waals surface area contributed by atoms with E-state index in [-0.39, 0.29) is 37.1 Å². The molecule has 3 aromatic carbocycles. The lowest BCUT2D eigenvalue weighted by Gasteiger charge is -2.26. The van der Waals surface area contributed by atoms with Crippen LogP contribution >= 0.6 is 23.2 Å². The molecule has 0 bridgehead atoms. The van der Waals surface area contributed by atoms with Gasteiger partial charge in [-0.3, -0.25) is 4.79 Å². The largest absolute Gasteiger partial charge is 0.481 e. The lowest BCUT2D eigenvalue weighted by molar-refractivity contribution is -0.143. The number of amides is 1. The predicted molar refractivity (Wildman–Crippen MR) is 127 cm³/mol. The number of hydrogen-bond donors (Lipinski definition) is 1. The lowest BCUT2D eigenvalue weighted by Crippen LogP contribution is -2.40. The van der Waals surface area contributed by atoms with Crippen molar-refractivity contribution < 1.29 is 19.4 Å². The third kappa shape index (κ3) is 3.65. The molecule has 1 unspecified atom stereocenters. The van der Waals surface area contributed by atoms with Gasteiger partial charge in [-0.15, -0.1) is 0 Å². The Morgan fingerprint density at radius 2 is 1.61 bits per heavy atom. The van der Waals surface area contributed by atoms with Gasteiger partial charge in [-0.2, -0.15) is 0 Å². The second-order valence-corrected chi connectivity index (χ2v) is 9.31. The molecule has 1 heterocycles. The number of carbonyl (C=O) groups excluding carboxylic acids is 1. The Morgan fingerprint density at radius 1 is 0.970 bits per heavy atom. The van der Waals surface area contributed by atoms with Gasteiger partial charge in [0, 0.05) is 19.0 Å². The maximum absolute atomic E-state index is 13.0. The number of likely N-dealkylation sites (tertiary alicyclic amines) is 1. The fourth-order valence-corrected chi connectivity index (χ4v) is 5.28. The average molecular weight is 482 g/mol. The van der Waals surface area contributed by atoms with Crippen LogP contribution in [0.4, 0.5) is 4.79 Å². The number of rotatable bonds is 4. The maximum Gasteiger partial charge on any atom is 0.409 e. The highest BCUT2D eigenvalue weighted by Crippen LogP contribution is 2.45. The monoisotopic (exact) mass is 481 g/mol. The van der Waals surface area contributed by atoms with Gasteiger partial charge in [0.15, 0.2) is 0 Å². The van der Waals surface area contributed by atoms with E-state index in [0.717, 1.165) is 22.3 Å². The molecule has 1 N–H and O–H groups in total. The number of hydrogen-bond acceptors (Lipinski definition) is 3. The van der Waals surface area contributed by atoms with Crippen LogP contribution in [0.15, 0.2) is 66.7 Å². The van der Waals surface area contributed by atoms with Crippen molar-refractivity contribution in [3.8, 4) is 11.1 Å². The first-order valence-corrected chi connectivity index (χ1v) is 11.5. The van der Waals surface area contributed by atoms with Crippen LogP contribution in [-0.4, -0.2) is 41.8 Å². The van der Waals surface area contributed by atoms with E-state index in [1.165, 1.54) is 4.90 Å². The Hall–Kier alpha value is -3.02. The minimum absolute atomic E-state index is 0.0109. The average Bonchev–Trinajstić information content (AvgIpc) is 3.41.